The molecule has 0 bridgehead atoms. The van der Waals surface area contributed by atoms with E-state index < -0.39 is 17.7 Å². The molecule has 3 aliphatic rings. The van der Waals surface area contributed by atoms with E-state index >= 15 is 0 Å². The van der Waals surface area contributed by atoms with Gasteiger partial charge in [0.05, 0.1) is 5.92 Å². The fraction of sp³-hybridized carbons (Fsp3) is 0.947. The highest BCUT2D eigenvalue weighted by Gasteiger charge is 2.54. The number of carbonyl (C=O) groups excluding carboxylic acids is 1. The molecule has 0 unspecified atom stereocenters. The number of hydrogen-bond acceptors (Lipinski definition) is 3. The molecule has 0 aromatic heterocycles. The molecule has 1 saturated heterocycles. The summed E-state index contributed by atoms with van der Waals surface area (Å²) < 4.78 is 43.5. The van der Waals surface area contributed by atoms with Gasteiger partial charge in [0.1, 0.15) is 5.60 Å². The van der Waals surface area contributed by atoms with Crippen molar-refractivity contribution in [3.8, 4) is 0 Å². The van der Waals surface area contributed by atoms with Gasteiger partial charge in [0.2, 0.25) is 0 Å². The van der Waals surface area contributed by atoms with Gasteiger partial charge in [-0.1, -0.05) is 0 Å². The molecule has 1 aliphatic heterocycles. The second kappa shape index (κ2) is 6.88. The number of nitrogens with zero attached hydrogens (tertiary/aromatic N) is 1. The van der Waals surface area contributed by atoms with E-state index in [9.17, 15) is 18.0 Å². The zero-order chi connectivity index (χ0) is 19.2. The monoisotopic (exact) mass is 376 g/mol. The van der Waals surface area contributed by atoms with E-state index in [0.29, 0.717) is 24.8 Å². The first-order valence-corrected chi connectivity index (χ1v) is 9.74. The summed E-state index contributed by atoms with van der Waals surface area (Å²) in [6.07, 6.45) is -0.286. The zero-order valence-corrected chi connectivity index (χ0v) is 16.0. The molecule has 3 fully saturated rings. The van der Waals surface area contributed by atoms with Crippen LogP contribution >= 0.6 is 0 Å². The molecule has 3 rings (SSSR count). The molecule has 1 heterocycles. The molecule has 0 aromatic rings. The SMILES string of the molecule is CC(C)(C)OC(=O)N1CC2(CC(NCC3CCC(C(F)(F)F)CC3)C2)C1. The normalized spacial score (nSPS) is 29.2. The van der Waals surface area contributed by atoms with Gasteiger partial charge in [0.25, 0.3) is 0 Å². The lowest BCUT2D eigenvalue weighted by atomic mass is 9.60. The summed E-state index contributed by atoms with van der Waals surface area (Å²) in [6.45, 7) is 7.94. The van der Waals surface area contributed by atoms with Crippen molar-refractivity contribution in [3.63, 3.8) is 0 Å². The van der Waals surface area contributed by atoms with Crippen LogP contribution in [-0.4, -0.2) is 48.4 Å². The van der Waals surface area contributed by atoms with Crippen molar-refractivity contribution in [1.29, 1.82) is 0 Å². The smallest absolute Gasteiger partial charge is 0.410 e. The van der Waals surface area contributed by atoms with Gasteiger partial charge < -0.3 is 15.0 Å². The zero-order valence-electron chi connectivity index (χ0n) is 16.0. The van der Waals surface area contributed by atoms with Crippen molar-refractivity contribution in [2.75, 3.05) is 19.6 Å². The number of nitrogens with one attached hydrogen (secondary N) is 1. The molecule has 4 nitrogen and oxygen atoms in total. The molecule has 1 spiro atoms. The first-order valence-electron chi connectivity index (χ1n) is 9.74. The molecule has 0 atom stereocenters. The maximum atomic E-state index is 12.7. The van der Waals surface area contributed by atoms with Crippen molar-refractivity contribution >= 4 is 6.09 Å². The van der Waals surface area contributed by atoms with Crippen LogP contribution < -0.4 is 5.32 Å². The Morgan fingerprint density at radius 3 is 2.19 bits per heavy atom. The fourth-order valence-electron chi connectivity index (χ4n) is 4.63. The van der Waals surface area contributed by atoms with Crippen molar-refractivity contribution in [2.45, 2.75) is 77.1 Å². The van der Waals surface area contributed by atoms with E-state index in [-0.39, 0.29) is 24.3 Å². The third kappa shape index (κ3) is 4.65. The van der Waals surface area contributed by atoms with E-state index in [2.05, 4.69) is 5.32 Å². The summed E-state index contributed by atoms with van der Waals surface area (Å²) >= 11 is 0. The van der Waals surface area contributed by atoms with Gasteiger partial charge in [-0.2, -0.15) is 13.2 Å². The van der Waals surface area contributed by atoms with Crippen LogP contribution in [-0.2, 0) is 4.74 Å². The summed E-state index contributed by atoms with van der Waals surface area (Å²) in [6, 6.07) is 0.441. The van der Waals surface area contributed by atoms with Crippen LogP contribution in [0.4, 0.5) is 18.0 Å². The van der Waals surface area contributed by atoms with Gasteiger partial charge in [-0.05, 0) is 71.8 Å². The fourth-order valence-corrected chi connectivity index (χ4v) is 4.63. The lowest BCUT2D eigenvalue weighted by molar-refractivity contribution is -0.183. The molecular weight excluding hydrogens is 345 g/mol. The number of alkyl halides is 3. The predicted octanol–water partition coefficient (Wildman–Crippen LogP) is 4.34. The van der Waals surface area contributed by atoms with Crippen molar-refractivity contribution in [3.05, 3.63) is 0 Å². The van der Waals surface area contributed by atoms with Gasteiger partial charge >= 0.3 is 12.3 Å². The summed E-state index contributed by atoms with van der Waals surface area (Å²) in [4.78, 5) is 13.8. The van der Waals surface area contributed by atoms with Crippen LogP contribution in [0.5, 0.6) is 0 Å². The number of ether oxygens (including phenoxy) is 1. The third-order valence-corrected chi connectivity index (χ3v) is 6.07. The molecule has 26 heavy (non-hydrogen) atoms. The third-order valence-electron chi connectivity index (χ3n) is 6.07. The number of likely N-dealkylation sites (tertiary alicyclic amines) is 1. The molecule has 150 valence electrons. The van der Waals surface area contributed by atoms with Crippen LogP contribution in [0.3, 0.4) is 0 Å². The van der Waals surface area contributed by atoms with E-state index in [1.807, 2.05) is 20.8 Å². The van der Waals surface area contributed by atoms with Crippen LogP contribution in [0.1, 0.15) is 59.3 Å². The van der Waals surface area contributed by atoms with Crippen molar-refractivity contribution in [2.24, 2.45) is 17.3 Å². The molecule has 0 aromatic carbocycles. The van der Waals surface area contributed by atoms with E-state index in [1.165, 1.54) is 0 Å². The average Bonchev–Trinajstić information content (AvgIpc) is 2.41. The van der Waals surface area contributed by atoms with Gasteiger partial charge in [-0.15, -0.1) is 0 Å². The van der Waals surface area contributed by atoms with Crippen LogP contribution in [0.15, 0.2) is 0 Å². The maximum absolute atomic E-state index is 12.7. The van der Waals surface area contributed by atoms with Crippen molar-refractivity contribution in [1.82, 2.24) is 10.2 Å². The quantitative estimate of drug-likeness (QED) is 0.796. The highest BCUT2D eigenvalue weighted by atomic mass is 19.4. The Balaban J connectivity index is 1.30. The number of amides is 1. The topological polar surface area (TPSA) is 41.6 Å². The Hall–Kier alpha value is -0.980. The van der Waals surface area contributed by atoms with Crippen LogP contribution in [0, 0.1) is 17.3 Å². The summed E-state index contributed by atoms with van der Waals surface area (Å²) in [5.74, 6) is -0.732. The Labute approximate surface area is 153 Å². The highest BCUT2D eigenvalue weighted by molar-refractivity contribution is 5.69. The molecule has 2 saturated carbocycles. The summed E-state index contributed by atoms with van der Waals surface area (Å²) in [7, 11) is 0. The molecular formula is C19H31F3N2O2. The highest BCUT2D eigenvalue weighted by Crippen LogP contribution is 2.49. The predicted molar refractivity (Wildman–Crippen MR) is 92.8 cm³/mol. The standard InChI is InChI=1S/C19H31F3N2O2/c1-17(2,3)26-16(25)24-11-18(12-24)8-15(9-18)23-10-13-4-6-14(7-5-13)19(20,21)22/h13-15,23H,4-12H2,1-3H3. The van der Waals surface area contributed by atoms with Crippen LogP contribution in [0.2, 0.25) is 0 Å². The number of halogens is 3. The van der Waals surface area contributed by atoms with Gasteiger partial charge in [-0.25, -0.2) is 4.79 Å². The van der Waals surface area contributed by atoms with E-state index in [0.717, 1.165) is 32.5 Å². The van der Waals surface area contributed by atoms with Crippen LogP contribution in [0.25, 0.3) is 0 Å². The average molecular weight is 376 g/mol. The Bertz CT molecular complexity index is 508. The number of carbonyl (C=O) groups is 1. The Morgan fingerprint density at radius 2 is 1.69 bits per heavy atom. The Kier molecular flexibility index (Phi) is 5.23. The Morgan fingerprint density at radius 1 is 1.12 bits per heavy atom. The minimum Gasteiger partial charge on any atom is -0.444 e. The largest absolute Gasteiger partial charge is 0.444 e. The first kappa shape index (κ1) is 19.8. The molecule has 1 amide bonds. The minimum atomic E-state index is -4.02. The second-order valence-corrected chi connectivity index (χ2v) is 9.61. The van der Waals surface area contributed by atoms with Gasteiger partial charge in [0.15, 0.2) is 0 Å². The maximum Gasteiger partial charge on any atom is 0.410 e. The second-order valence-electron chi connectivity index (χ2n) is 9.61. The summed E-state index contributed by atoms with van der Waals surface area (Å²) in [5, 5.41) is 3.53. The lowest BCUT2D eigenvalue weighted by Gasteiger charge is -2.59. The number of hydrogen-bond donors (Lipinski definition) is 1. The van der Waals surface area contributed by atoms with E-state index in [4.69, 9.17) is 4.74 Å². The molecule has 7 heteroatoms. The molecule has 0 radical (unpaired) electrons. The summed E-state index contributed by atoms with van der Waals surface area (Å²) in [5.41, 5.74) is -0.225. The number of rotatable bonds is 3. The molecule has 2 aliphatic carbocycles. The van der Waals surface area contributed by atoms with Gasteiger partial charge in [-0.3, -0.25) is 0 Å². The minimum absolute atomic E-state index is 0.235. The first-order chi connectivity index (χ1) is 12.0. The molecule has 1 N–H and O–H groups in total. The van der Waals surface area contributed by atoms with Gasteiger partial charge in [0, 0.05) is 24.5 Å². The van der Waals surface area contributed by atoms with Crippen molar-refractivity contribution < 1.29 is 22.7 Å². The van der Waals surface area contributed by atoms with E-state index in [1.54, 1.807) is 4.90 Å². The lowest BCUT2D eigenvalue weighted by Crippen LogP contribution is -2.67.